The lowest BCUT2D eigenvalue weighted by atomic mass is 10.1. The number of ether oxygens (including phenoxy) is 3. The Morgan fingerprint density at radius 3 is 2.45 bits per heavy atom. The molecule has 174 valence electrons. The van der Waals surface area contributed by atoms with Crippen molar-refractivity contribution in [3.05, 3.63) is 83.9 Å². The van der Waals surface area contributed by atoms with E-state index < -0.39 is 10.1 Å². The molecule has 1 aliphatic heterocycles. The molecule has 1 atom stereocenters. The monoisotopic (exact) mass is 469 g/mol. The second-order valence-electron chi connectivity index (χ2n) is 7.66. The fourth-order valence-electron chi connectivity index (χ4n) is 3.83. The third-order valence-corrected chi connectivity index (χ3v) is 6.78. The predicted octanol–water partition coefficient (Wildman–Crippen LogP) is 4.05. The molecule has 4 rings (SSSR count). The van der Waals surface area contributed by atoms with E-state index in [0.717, 1.165) is 23.6 Å². The molecule has 3 aromatic rings. The third-order valence-electron chi connectivity index (χ3n) is 5.54. The number of rotatable bonds is 8. The summed E-state index contributed by atoms with van der Waals surface area (Å²) < 4.78 is 47.9. The van der Waals surface area contributed by atoms with Gasteiger partial charge in [0, 0.05) is 36.8 Å². The topological polar surface area (TPSA) is 74.3 Å². The van der Waals surface area contributed by atoms with E-state index in [1.807, 2.05) is 30.3 Å². The van der Waals surface area contributed by atoms with Gasteiger partial charge in [-0.3, -0.25) is 4.90 Å². The molecule has 1 aliphatic rings. The van der Waals surface area contributed by atoms with Crippen molar-refractivity contribution in [3.8, 4) is 17.2 Å². The van der Waals surface area contributed by atoms with Crippen LogP contribution in [0.1, 0.15) is 17.2 Å². The summed E-state index contributed by atoms with van der Waals surface area (Å²) in [4.78, 5) is 2.36. The van der Waals surface area contributed by atoms with Crippen molar-refractivity contribution in [1.82, 2.24) is 4.90 Å². The zero-order valence-electron chi connectivity index (χ0n) is 18.6. The quantitative estimate of drug-likeness (QED) is 0.461. The van der Waals surface area contributed by atoms with Crippen molar-refractivity contribution < 1.29 is 26.8 Å². The summed E-state index contributed by atoms with van der Waals surface area (Å²) in [5.74, 6) is 1.77. The molecule has 1 fully saturated rings. The van der Waals surface area contributed by atoms with E-state index in [-0.39, 0.29) is 16.7 Å². The van der Waals surface area contributed by atoms with Crippen LogP contribution in [-0.4, -0.2) is 47.2 Å². The van der Waals surface area contributed by atoms with Crippen LogP contribution in [0.15, 0.2) is 77.7 Å². The molecule has 1 heterocycles. The van der Waals surface area contributed by atoms with Gasteiger partial charge < -0.3 is 18.4 Å². The summed E-state index contributed by atoms with van der Waals surface area (Å²) in [6.45, 7) is 2.51. The first-order valence-corrected chi connectivity index (χ1v) is 12.0. The summed E-state index contributed by atoms with van der Waals surface area (Å²) in [6.07, 6.45) is -0.329. The van der Waals surface area contributed by atoms with Crippen LogP contribution in [-0.2, 0) is 21.4 Å². The Kier molecular flexibility index (Phi) is 7.17. The van der Waals surface area contributed by atoms with Crippen LogP contribution in [0.2, 0.25) is 0 Å². The van der Waals surface area contributed by atoms with E-state index in [1.54, 1.807) is 44.6 Å². The maximum atomic E-state index is 12.8. The SMILES string of the molecule is COc1ccc(CN2CCO[C@@H](c3ccccc3OS(=O)(=O)c3ccccc3)C2)c(OC)c1. The van der Waals surface area contributed by atoms with Gasteiger partial charge in [0.1, 0.15) is 22.1 Å². The number of para-hydroxylation sites is 1. The minimum Gasteiger partial charge on any atom is -0.497 e. The molecule has 8 heteroatoms. The highest BCUT2D eigenvalue weighted by molar-refractivity contribution is 7.87. The zero-order chi connectivity index (χ0) is 23.3. The lowest BCUT2D eigenvalue weighted by Gasteiger charge is -2.34. The maximum absolute atomic E-state index is 12.8. The van der Waals surface area contributed by atoms with Gasteiger partial charge in [0.25, 0.3) is 0 Å². The van der Waals surface area contributed by atoms with E-state index >= 15 is 0 Å². The smallest absolute Gasteiger partial charge is 0.339 e. The van der Waals surface area contributed by atoms with E-state index in [1.165, 1.54) is 12.1 Å². The van der Waals surface area contributed by atoms with Crippen LogP contribution in [0.5, 0.6) is 17.2 Å². The van der Waals surface area contributed by atoms with Gasteiger partial charge in [-0.15, -0.1) is 0 Å². The van der Waals surface area contributed by atoms with Gasteiger partial charge in [0.15, 0.2) is 0 Å². The highest BCUT2D eigenvalue weighted by atomic mass is 32.2. The second-order valence-corrected chi connectivity index (χ2v) is 9.21. The molecule has 0 saturated carbocycles. The molecule has 0 radical (unpaired) electrons. The van der Waals surface area contributed by atoms with Crippen LogP contribution >= 0.6 is 0 Å². The number of hydrogen-bond donors (Lipinski definition) is 0. The molecule has 0 aromatic heterocycles. The van der Waals surface area contributed by atoms with Gasteiger partial charge in [-0.25, -0.2) is 0 Å². The highest BCUT2D eigenvalue weighted by Gasteiger charge is 2.27. The van der Waals surface area contributed by atoms with Crippen molar-refractivity contribution in [2.24, 2.45) is 0 Å². The Morgan fingerprint density at radius 1 is 0.939 bits per heavy atom. The van der Waals surface area contributed by atoms with E-state index in [9.17, 15) is 8.42 Å². The van der Waals surface area contributed by atoms with Crippen molar-refractivity contribution in [1.29, 1.82) is 0 Å². The molecule has 3 aromatic carbocycles. The number of methoxy groups -OCH3 is 2. The lowest BCUT2D eigenvalue weighted by Crippen LogP contribution is -2.38. The van der Waals surface area contributed by atoms with Crippen LogP contribution in [0.3, 0.4) is 0 Å². The average molecular weight is 470 g/mol. The summed E-state index contributed by atoms with van der Waals surface area (Å²) in [5.41, 5.74) is 1.73. The summed E-state index contributed by atoms with van der Waals surface area (Å²) in [7, 11) is -0.686. The van der Waals surface area contributed by atoms with Crippen molar-refractivity contribution in [3.63, 3.8) is 0 Å². The normalized spacial score (nSPS) is 16.8. The van der Waals surface area contributed by atoms with Gasteiger partial charge >= 0.3 is 10.1 Å². The molecule has 7 nitrogen and oxygen atoms in total. The van der Waals surface area contributed by atoms with Crippen LogP contribution in [0.25, 0.3) is 0 Å². The Balaban J connectivity index is 1.52. The summed E-state index contributed by atoms with van der Waals surface area (Å²) in [6, 6.07) is 21.0. The van der Waals surface area contributed by atoms with Gasteiger partial charge in [0.05, 0.1) is 26.9 Å². The Hall–Kier alpha value is -3.07. The van der Waals surface area contributed by atoms with Crippen molar-refractivity contribution in [2.75, 3.05) is 33.9 Å². The van der Waals surface area contributed by atoms with E-state index in [2.05, 4.69) is 4.90 Å². The fourth-order valence-corrected chi connectivity index (χ4v) is 4.81. The molecule has 0 spiro atoms. The molecule has 0 bridgehead atoms. The van der Waals surface area contributed by atoms with Crippen LogP contribution < -0.4 is 13.7 Å². The van der Waals surface area contributed by atoms with Gasteiger partial charge in [-0.05, 0) is 24.3 Å². The van der Waals surface area contributed by atoms with Crippen molar-refractivity contribution in [2.45, 2.75) is 17.5 Å². The molecule has 0 N–H and O–H groups in total. The summed E-state index contributed by atoms with van der Waals surface area (Å²) in [5, 5.41) is 0. The molecular weight excluding hydrogens is 442 g/mol. The molecule has 0 unspecified atom stereocenters. The van der Waals surface area contributed by atoms with Gasteiger partial charge in [-0.1, -0.05) is 42.5 Å². The number of morpholine rings is 1. The van der Waals surface area contributed by atoms with Gasteiger partial charge in [0.2, 0.25) is 0 Å². The highest BCUT2D eigenvalue weighted by Crippen LogP contribution is 2.33. The number of nitrogens with zero attached hydrogens (tertiary/aromatic N) is 1. The van der Waals surface area contributed by atoms with E-state index in [0.29, 0.717) is 25.3 Å². The third kappa shape index (κ3) is 5.47. The second kappa shape index (κ2) is 10.2. The number of benzene rings is 3. The minimum atomic E-state index is -3.95. The average Bonchev–Trinajstić information content (AvgIpc) is 2.85. The standard InChI is InChI=1S/C25H27NO6S/c1-29-20-13-12-19(24(16-20)30-2)17-26-14-15-31-25(18-26)22-10-6-7-11-23(22)32-33(27,28)21-8-4-3-5-9-21/h3-13,16,25H,14-15,17-18H2,1-2H3/t25-/m1/s1. The first-order chi connectivity index (χ1) is 16.0. The molecule has 33 heavy (non-hydrogen) atoms. The Labute approximate surface area is 194 Å². The molecule has 0 aliphatic carbocycles. The Bertz CT molecular complexity index is 1180. The fraction of sp³-hybridized carbons (Fsp3) is 0.280. The largest absolute Gasteiger partial charge is 0.497 e. The maximum Gasteiger partial charge on any atom is 0.339 e. The van der Waals surface area contributed by atoms with Gasteiger partial charge in [-0.2, -0.15) is 8.42 Å². The Morgan fingerprint density at radius 2 is 1.70 bits per heavy atom. The molecular formula is C25H27NO6S. The van der Waals surface area contributed by atoms with Crippen LogP contribution in [0, 0.1) is 0 Å². The van der Waals surface area contributed by atoms with E-state index in [4.69, 9.17) is 18.4 Å². The zero-order valence-corrected chi connectivity index (χ0v) is 19.5. The molecule has 0 amide bonds. The summed E-state index contributed by atoms with van der Waals surface area (Å²) >= 11 is 0. The molecule has 1 saturated heterocycles. The minimum absolute atomic E-state index is 0.109. The van der Waals surface area contributed by atoms with Crippen LogP contribution in [0.4, 0.5) is 0 Å². The number of hydrogen-bond acceptors (Lipinski definition) is 7. The first kappa shape index (κ1) is 23.1. The lowest BCUT2D eigenvalue weighted by molar-refractivity contribution is -0.0336. The van der Waals surface area contributed by atoms with Crippen molar-refractivity contribution >= 4 is 10.1 Å². The predicted molar refractivity (Wildman–Crippen MR) is 124 cm³/mol. The first-order valence-electron chi connectivity index (χ1n) is 10.6.